The number of hydrogen-bond acceptors (Lipinski definition) is 2. The molecule has 0 aliphatic heterocycles. The van der Waals surface area contributed by atoms with Gasteiger partial charge in [-0.3, -0.25) is 0 Å². The standard InChI is InChI=1S/C28H24O2/c1-19-17-25-26(18-20(19)2)28(30,22-13-7-4-8-14-22)24-16-10-9-15-23(24)27(25,29)21-11-5-3-6-12-21/h3-18,29-30H,1-2H3. The molecule has 2 unspecified atom stereocenters. The molecule has 0 amide bonds. The number of rotatable bonds is 2. The van der Waals surface area contributed by atoms with Gasteiger partial charge in [-0.2, -0.15) is 0 Å². The lowest BCUT2D eigenvalue weighted by Gasteiger charge is -2.45. The van der Waals surface area contributed by atoms with E-state index in [4.69, 9.17) is 0 Å². The fraction of sp³-hybridized carbons (Fsp3) is 0.143. The number of aliphatic hydroxyl groups is 2. The smallest absolute Gasteiger partial charge is 0.141 e. The van der Waals surface area contributed by atoms with Crippen LogP contribution < -0.4 is 0 Å². The van der Waals surface area contributed by atoms with Crippen LogP contribution in [-0.4, -0.2) is 10.2 Å². The molecule has 1 aliphatic rings. The molecule has 2 atom stereocenters. The Bertz CT molecular complexity index is 1130. The van der Waals surface area contributed by atoms with E-state index >= 15 is 0 Å². The van der Waals surface area contributed by atoms with Crippen LogP contribution in [0.15, 0.2) is 97.1 Å². The van der Waals surface area contributed by atoms with Crippen LogP contribution in [0.5, 0.6) is 0 Å². The molecule has 0 saturated carbocycles. The highest BCUT2D eigenvalue weighted by Crippen LogP contribution is 2.53. The fourth-order valence-electron chi connectivity index (χ4n) is 4.80. The van der Waals surface area contributed by atoms with Crippen molar-refractivity contribution in [2.24, 2.45) is 0 Å². The van der Waals surface area contributed by atoms with E-state index in [1.807, 2.05) is 111 Å². The van der Waals surface area contributed by atoms with Gasteiger partial charge in [-0.15, -0.1) is 0 Å². The van der Waals surface area contributed by atoms with Gasteiger partial charge in [-0.1, -0.05) is 97.1 Å². The second-order valence-electron chi connectivity index (χ2n) is 8.18. The zero-order valence-electron chi connectivity index (χ0n) is 17.1. The Kier molecular flexibility index (Phi) is 4.18. The van der Waals surface area contributed by atoms with Gasteiger partial charge in [-0.05, 0) is 58.4 Å². The second kappa shape index (κ2) is 6.66. The van der Waals surface area contributed by atoms with Gasteiger partial charge >= 0.3 is 0 Å². The zero-order valence-corrected chi connectivity index (χ0v) is 17.1. The van der Waals surface area contributed by atoms with Crippen molar-refractivity contribution in [3.05, 3.63) is 142 Å². The molecule has 5 rings (SSSR count). The van der Waals surface area contributed by atoms with Crippen molar-refractivity contribution in [2.45, 2.75) is 25.0 Å². The third-order valence-electron chi connectivity index (χ3n) is 6.50. The highest BCUT2D eigenvalue weighted by molar-refractivity contribution is 5.66. The molecule has 0 bridgehead atoms. The average molecular weight is 392 g/mol. The Hall–Kier alpha value is -3.20. The van der Waals surface area contributed by atoms with Crippen LogP contribution in [0.3, 0.4) is 0 Å². The summed E-state index contributed by atoms with van der Waals surface area (Å²) in [7, 11) is 0. The average Bonchev–Trinajstić information content (AvgIpc) is 2.80. The minimum absolute atomic E-state index is 0.707. The quantitative estimate of drug-likeness (QED) is 0.493. The molecule has 0 aromatic heterocycles. The molecule has 2 nitrogen and oxygen atoms in total. The summed E-state index contributed by atoms with van der Waals surface area (Å²) in [6, 6.07) is 31.2. The minimum Gasteiger partial charge on any atom is -0.376 e. The molecule has 0 spiro atoms. The van der Waals surface area contributed by atoms with E-state index in [0.717, 1.165) is 33.4 Å². The van der Waals surface area contributed by atoms with Crippen molar-refractivity contribution in [3.8, 4) is 0 Å². The van der Waals surface area contributed by atoms with Gasteiger partial charge in [-0.25, -0.2) is 0 Å². The third kappa shape index (κ3) is 2.44. The number of fused-ring (bicyclic) bond motifs is 2. The lowest BCUT2D eigenvalue weighted by atomic mass is 9.63. The first-order valence-electron chi connectivity index (χ1n) is 10.3. The summed E-state index contributed by atoms with van der Waals surface area (Å²) in [6.07, 6.45) is 0. The van der Waals surface area contributed by atoms with E-state index in [1.165, 1.54) is 0 Å². The molecule has 0 radical (unpaired) electrons. The summed E-state index contributed by atoms with van der Waals surface area (Å²) in [5.41, 5.74) is 3.89. The van der Waals surface area contributed by atoms with E-state index in [9.17, 15) is 10.2 Å². The van der Waals surface area contributed by atoms with E-state index in [-0.39, 0.29) is 0 Å². The highest BCUT2D eigenvalue weighted by Gasteiger charge is 2.50. The molecular formula is C28H24O2. The second-order valence-corrected chi connectivity index (χ2v) is 8.18. The largest absolute Gasteiger partial charge is 0.376 e. The van der Waals surface area contributed by atoms with Crippen molar-refractivity contribution in [2.75, 3.05) is 0 Å². The van der Waals surface area contributed by atoms with Gasteiger partial charge in [0.2, 0.25) is 0 Å². The molecular weight excluding hydrogens is 368 g/mol. The molecule has 1 aliphatic carbocycles. The minimum atomic E-state index is -1.35. The van der Waals surface area contributed by atoms with Crippen molar-refractivity contribution < 1.29 is 10.2 Å². The van der Waals surface area contributed by atoms with Crippen LogP contribution in [0.25, 0.3) is 0 Å². The molecule has 4 aromatic rings. The molecule has 30 heavy (non-hydrogen) atoms. The zero-order chi connectivity index (χ0) is 20.9. The normalized spacial score (nSPS) is 22.3. The van der Waals surface area contributed by atoms with Gasteiger partial charge in [0.1, 0.15) is 11.2 Å². The van der Waals surface area contributed by atoms with Crippen LogP contribution in [0.1, 0.15) is 44.5 Å². The van der Waals surface area contributed by atoms with Crippen LogP contribution in [0.2, 0.25) is 0 Å². The molecule has 0 heterocycles. The Balaban J connectivity index is 1.95. The Morgan fingerprint density at radius 3 is 1.17 bits per heavy atom. The predicted octanol–water partition coefficient (Wildman–Crippen LogP) is 5.19. The summed E-state index contributed by atoms with van der Waals surface area (Å²) >= 11 is 0. The number of hydrogen-bond donors (Lipinski definition) is 2. The maximum Gasteiger partial charge on any atom is 0.141 e. The number of aryl methyl sites for hydroxylation is 2. The lowest BCUT2D eigenvalue weighted by molar-refractivity contribution is 0.0746. The van der Waals surface area contributed by atoms with E-state index in [1.54, 1.807) is 0 Å². The maximum atomic E-state index is 12.3. The Labute approximate surface area is 177 Å². The molecule has 148 valence electrons. The van der Waals surface area contributed by atoms with Crippen molar-refractivity contribution in [1.82, 2.24) is 0 Å². The van der Waals surface area contributed by atoms with Crippen LogP contribution in [0, 0.1) is 13.8 Å². The third-order valence-corrected chi connectivity index (χ3v) is 6.50. The van der Waals surface area contributed by atoms with Gasteiger partial charge in [0.05, 0.1) is 0 Å². The van der Waals surface area contributed by atoms with Gasteiger partial charge in [0.25, 0.3) is 0 Å². The first-order chi connectivity index (χ1) is 14.5. The number of benzene rings is 4. The Morgan fingerprint density at radius 1 is 0.467 bits per heavy atom. The Morgan fingerprint density at radius 2 is 0.800 bits per heavy atom. The molecule has 2 N–H and O–H groups in total. The fourth-order valence-corrected chi connectivity index (χ4v) is 4.80. The van der Waals surface area contributed by atoms with Crippen LogP contribution in [0.4, 0.5) is 0 Å². The summed E-state index contributed by atoms with van der Waals surface area (Å²) in [6.45, 7) is 4.09. The van der Waals surface area contributed by atoms with Crippen molar-refractivity contribution in [1.29, 1.82) is 0 Å². The highest BCUT2D eigenvalue weighted by atomic mass is 16.3. The first-order valence-corrected chi connectivity index (χ1v) is 10.3. The van der Waals surface area contributed by atoms with Gasteiger partial charge < -0.3 is 10.2 Å². The summed E-state index contributed by atoms with van der Waals surface area (Å²) in [5, 5.41) is 24.7. The predicted molar refractivity (Wildman–Crippen MR) is 119 cm³/mol. The molecule has 0 fully saturated rings. The van der Waals surface area contributed by atoms with E-state index in [0.29, 0.717) is 11.1 Å². The summed E-state index contributed by atoms with van der Waals surface area (Å²) in [5.74, 6) is 0. The van der Waals surface area contributed by atoms with Crippen molar-refractivity contribution >= 4 is 0 Å². The van der Waals surface area contributed by atoms with Crippen LogP contribution in [-0.2, 0) is 11.2 Å². The van der Waals surface area contributed by atoms with E-state index in [2.05, 4.69) is 0 Å². The monoisotopic (exact) mass is 392 g/mol. The van der Waals surface area contributed by atoms with Crippen LogP contribution >= 0.6 is 0 Å². The molecule has 2 heteroatoms. The van der Waals surface area contributed by atoms with Gasteiger partial charge in [0, 0.05) is 0 Å². The van der Waals surface area contributed by atoms with Gasteiger partial charge in [0.15, 0.2) is 0 Å². The first kappa shape index (κ1) is 18.8. The molecule has 4 aromatic carbocycles. The summed E-state index contributed by atoms with van der Waals surface area (Å²) in [4.78, 5) is 0. The maximum absolute atomic E-state index is 12.3. The topological polar surface area (TPSA) is 40.5 Å². The van der Waals surface area contributed by atoms with E-state index < -0.39 is 11.2 Å². The van der Waals surface area contributed by atoms with Crippen molar-refractivity contribution in [3.63, 3.8) is 0 Å². The lowest BCUT2D eigenvalue weighted by Crippen LogP contribution is -2.44. The SMILES string of the molecule is Cc1cc2c(cc1C)C(O)(c1ccccc1)c1ccccc1C2(O)c1ccccc1. The molecule has 0 saturated heterocycles. The summed E-state index contributed by atoms with van der Waals surface area (Å²) < 4.78 is 0.